The normalized spacial score (nSPS) is 16.0. The molecule has 0 bridgehead atoms. The Morgan fingerprint density at radius 3 is 2.61 bits per heavy atom. The number of hydrogen-bond acceptors (Lipinski definition) is 4. The number of carbonyl (C=O) groups is 2. The van der Waals surface area contributed by atoms with Crippen LogP contribution >= 0.6 is 0 Å². The largest absolute Gasteiger partial charge is 0.484 e. The average molecular weight is 415 g/mol. The van der Waals surface area contributed by atoms with E-state index in [0.717, 1.165) is 36.2 Å². The van der Waals surface area contributed by atoms with Crippen LogP contribution in [0.25, 0.3) is 11.1 Å². The van der Waals surface area contributed by atoms with Crippen LogP contribution < -0.4 is 10.5 Å². The van der Waals surface area contributed by atoms with E-state index in [-0.39, 0.29) is 18.4 Å². The van der Waals surface area contributed by atoms with Crippen LogP contribution in [0.15, 0.2) is 72.9 Å². The molecule has 0 spiro atoms. The molecule has 0 aliphatic carbocycles. The van der Waals surface area contributed by atoms with Gasteiger partial charge in [0.05, 0.1) is 0 Å². The van der Waals surface area contributed by atoms with E-state index in [1.165, 1.54) is 0 Å². The number of piperidine rings is 1. The van der Waals surface area contributed by atoms with Crippen LogP contribution in [-0.4, -0.2) is 41.4 Å². The zero-order valence-corrected chi connectivity index (χ0v) is 17.2. The summed E-state index contributed by atoms with van der Waals surface area (Å²) >= 11 is 0. The molecule has 0 unspecified atom stereocenters. The monoisotopic (exact) mass is 415 g/mol. The summed E-state index contributed by atoms with van der Waals surface area (Å²) in [5.74, 6) is 0.436. The molecule has 2 heterocycles. The molecule has 0 saturated carbocycles. The number of nitrogens with zero attached hydrogens (tertiary/aromatic N) is 2. The second kappa shape index (κ2) is 9.43. The van der Waals surface area contributed by atoms with E-state index in [9.17, 15) is 9.59 Å². The van der Waals surface area contributed by atoms with Gasteiger partial charge in [0.1, 0.15) is 5.75 Å². The molecule has 1 aliphatic rings. The number of para-hydroxylation sites is 1. The number of nitrogens with two attached hydrogens (primary N) is 1. The number of benzene rings is 2. The van der Waals surface area contributed by atoms with E-state index in [1.807, 2.05) is 65.7 Å². The molecule has 2 N–H and O–H groups in total. The van der Waals surface area contributed by atoms with E-state index in [4.69, 9.17) is 10.5 Å². The number of likely N-dealkylation sites (tertiary alicyclic amines) is 1. The van der Waals surface area contributed by atoms with Crippen molar-refractivity contribution in [3.63, 3.8) is 0 Å². The Hall–Kier alpha value is -3.67. The molecule has 158 valence electrons. The van der Waals surface area contributed by atoms with Crippen LogP contribution in [0.5, 0.6) is 5.75 Å². The summed E-state index contributed by atoms with van der Waals surface area (Å²) in [6.07, 6.45) is 3.74. The summed E-state index contributed by atoms with van der Waals surface area (Å²) in [6.45, 7) is 1.42. The third-order valence-corrected chi connectivity index (χ3v) is 5.56. The number of carbonyl (C=O) groups excluding carboxylic acids is 2. The Kier molecular flexibility index (Phi) is 6.26. The fourth-order valence-electron chi connectivity index (χ4n) is 3.87. The smallest absolute Gasteiger partial charge is 0.260 e. The van der Waals surface area contributed by atoms with E-state index in [0.29, 0.717) is 17.9 Å². The summed E-state index contributed by atoms with van der Waals surface area (Å²) in [6, 6.07) is 20.6. The Morgan fingerprint density at radius 1 is 1.03 bits per heavy atom. The van der Waals surface area contributed by atoms with Gasteiger partial charge in [-0.3, -0.25) is 14.6 Å². The molecule has 1 aromatic heterocycles. The fraction of sp³-hybridized carbons (Fsp3) is 0.240. The highest BCUT2D eigenvalue weighted by atomic mass is 16.5. The summed E-state index contributed by atoms with van der Waals surface area (Å²) in [5, 5.41) is 0. The lowest BCUT2D eigenvalue weighted by Crippen LogP contribution is -2.41. The first-order valence-corrected chi connectivity index (χ1v) is 10.4. The summed E-state index contributed by atoms with van der Waals surface area (Å²) < 4.78 is 5.61. The zero-order valence-electron chi connectivity index (χ0n) is 17.2. The topological polar surface area (TPSA) is 85.5 Å². The van der Waals surface area contributed by atoms with E-state index >= 15 is 0 Å². The number of amides is 2. The molecule has 1 atom stereocenters. The van der Waals surface area contributed by atoms with Gasteiger partial charge in [0.25, 0.3) is 5.91 Å². The van der Waals surface area contributed by atoms with Crippen LogP contribution in [0.2, 0.25) is 0 Å². The summed E-state index contributed by atoms with van der Waals surface area (Å²) in [4.78, 5) is 30.6. The maximum Gasteiger partial charge on any atom is 0.260 e. The van der Waals surface area contributed by atoms with Crippen molar-refractivity contribution in [3.8, 4) is 16.9 Å². The van der Waals surface area contributed by atoms with Crippen molar-refractivity contribution in [1.29, 1.82) is 0 Å². The van der Waals surface area contributed by atoms with E-state index in [2.05, 4.69) is 4.98 Å². The molecular weight excluding hydrogens is 390 g/mol. The van der Waals surface area contributed by atoms with Gasteiger partial charge >= 0.3 is 0 Å². The van der Waals surface area contributed by atoms with Crippen molar-refractivity contribution in [2.24, 2.45) is 5.73 Å². The minimum Gasteiger partial charge on any atom is -0.484 e. The van der Waals surface area contributed by atoms with Gasteiger partial charge < -0.3 is 15.4 Å². The quantitative estimate of drug-likeness (QED) is 0.666. The van der Waals surface area contributed by atoms with Gasteiger partial charge in [-0.1, -0.05) is 36.4 Å². The lowest BCUT2D eigenvalue weighted by molar-refractivity contribution is -0.134. The summed E-state index contributed by atoms with van der Waals surface area (Å²) in [7, 11) is 0. The van der Waals surface area contributed by atoms with Crippen molar-refractivity contribution in [3.05, 3.63) is 84.2 Å². The third-order valence-electron chi connectivity index (χ3n) is 5.56. The SMILES string of the molecule is NC(=O)c1cccc(-c2ccc([C@@H]3CCCN(C(=O)COc4ccccc4)C3)nc2)c1. The first-order valence-electron chi connectivity index (χ1n) is 10.4. The molecule has 31 heavy (non-hydrogen) atoms. The van der Waals surface area contributed by atoms with Crippen molar-refractivity contribution in [1.82, 2.24) is 9.88 Å². The number of rotatable bonds is 6. The third kappa shape index (κ3) is 5.09. The first kappa shape index (κ1) is 20.6. The molecule has 3 aromatic rings. The number of ether oxygens (including phenoxy) is 1. The van der Waals surface area contributed by atoms with Gasteiger partial charge in [-0.25, -0.2) is 0 Å². The molecular formula is C25H25N3O3. The van der Waals surface area contributed by atoms with Crippen LogP contribution in [0.1, 0.15) is 34.8 Å². The van der Waals surface area contributed by atoms with Crippen molar-refractivity contribution in [2.75, 3.05) is 19.7 Å². The minimum absolute atomic E-state index is 0.00607. The molecule has 1 aliphatic heterocycles. The molecule has 1 saturated heterocycles. The standard InChI is InChI=1S/C25H25N3O3/c26-25(30)19-7-4-6-18(14-19)20-11-12-23(27-15-20)21-8-5-13-28(16-21)24(29)17-31-22-9-2-1-3-10-22/h1-4,6-7,9-12,14-15,21H,5,8,13,16-17H2,(H2,26,30)/t21-/m1/s1. The van der Waals surface area contributed by atoms with E-state index in [1.54, 1.807) is 12.1 Å². The van der Waals surface area contributed by atoms with Crippen molar-refractivity contribution >= 4 is 11.8 Å². The first-order chi connectivity index (χ1) is 15.1. The number of aromatic nitrogens is 1. The highest BCUT2D eigenvalue weighted by molar-refractivity contribution is 5.94. The lowest BCUT2D eigenvalue weighted by atomic mass is 9.93. The molecule has 1 fully saturated rings. The Morgan fingerprint density at radius 2 is 1.87 bits per heavy atom. The predicted molar refractivity (Wildman–Crippen MR) is 119 cm³/mol. The molecule has 0 radical (unpaired) electrons. The molecule has 2 aromatic carbocycles. The van der Waals surface area contributed by atoms with Gasteiger partial charge in [-0.15, -0.1) is 0 Å². The second-order valence-electron chi connectivity index (χ2n) is 7.70. The lowest BCUT2D eigenvalue weighted by Gasteiger charge is -2.32. The summed E-state index contributed by atoms with van der Waals surface area (Å²) in [5.41, 5.74) is 8.64. The van der Waals surface area contributed by atoms with Gasteiger partial charge in [0.15, 0.2) is 6.61 Å². The van der Waals surface area contributed by atoms with Crippen molar-refractivity contribution < 1.29 is 14.3 Å². The number of primary amides is 1. The zero-order chi connectivity index (χ0) is 21.6. The maximum atomic E-state index is 12.6. The highest BCUT2D eigenvalue weighted by Crippen LogP contribution is 2.28. The van der Waals surface area contributed by atoms with Gasteiger partial charge in [0, 0.05) is 42.0 Å². The molecule has 2 amide bonds. The van der Waals surface area contributed by atoms with E-state index < -0.39 is 5.91 Å². The van der Waals surface area contributed by atoms with Gasteiger partial charge in [-0.05, 0) is 48.7 Å². The van der Waals surface area contributed by atoms with Crippen LogP contribution in [0.4, 0.5) is 0 Å². The maximum absolute atomic E-state index is 12.6. The minimum atomic E-state index is -0.449. The average Bonchev–Trinajstić information content (AvgIpc) is 2.83. The Balaban J connectivity index is 1.39. The van der Waals surface area contributed by atoms with Crippen molar-refractivity contribution in [2.45, 2.75) is 18.8 Å². The Labute approximate surface area is 181 Å². The Bertz CT molecular complexity index is 1050. The van der Waals surface area contributed by atoms with Gasteiger partial charge in [-0.2, -0.15) is 0 Å². The van der Waals surface area contributed by atoms with Gasteiger partial charge in [0.2, 0.25) is 5.91 Å². The predicted octanol–water partition coefficient (Wildman–Crippen LogP) is 3.63. The van der Waals surface area contributed by atoms with Crippen LogP contribution in [-0.2, 0) is 4.79 Å². The molecule has 6 nitrogen and oxygen atoms in total. The number of hydrogen-bond donors (Lipinski definition) is 1. The highest BCUT2D eigenvalue weighted by Gasteiger charge is 2.25. The second-order valence-corrected chi connectivity index (χ2v) is 7.70. The fourth-order valence-corrected chi connectivity index (χ4v) is 3.87. The molecule has 6 heteroatoms. The number of pyridine rings is 1. The van der Waals surface area contributed by atoms with Crippen LogP contribution in [0, 0.1) is 0 Å². The van der Waals surface area contributed by atoms with Crippen LogP contribution in [0.3, 0.4) is 0 Å². The molecule has 4 rings (SSSR count).